The van der Waals surface area contributed by atoms with Crippen molar-refractivity contribution in [3.63, 3.8) is 0 Å². The standard InChI is InChI=1S/C28H32N4OS/c1-8-21-11-9-10-18(2)26(21)32-19(3)16-22(20(32)4)17-25-27(33)31(7)28(34-25)29-23-12-14-24(15-13-23)30(5)6/h9-17H,8H2,1-7H3/b25-17-,29-28?. The summed E-state index contributed by atoms with van der Waals surface area (Å²) in [4.78, 5) is 22.1. The van der Waals surface area contributed by atoms with Crippen LogP contribution in [-0.4, -0.2) is 41.7 Å². The van der Waals surface area contributed by atoms with Crippen LogP contribution in [0.4, 0.5) is 11.4 Å². The molecule has 1 aliphatic rings. The molecule has 4 rings (SSSR count). The molecule has 176 valence electrons. The lowest BCUT2D eigenvalue weighted by molar-refractivity contribution is -0.121. The fraction of sp³-hybridized carbons (Fsp3) is 0.286. The first kappa shape index (κ1) is 23.9. The zero-order valence-electron chi connectivity index (χ0n) is 21.0. The van der Waals surface area contributed by atoms with Gasteiger partial charge in [0.15, 0.2) is 5.17 Å². The lowest BCUT2D eigenvalue weighted by Crippen LogP contribution is -2.23. The molecule has 5 nitrogen and oxygen atoms in total. The zero-order chi connectivity index (χ0) is 24.6. The van der Waals surface area contributed by atoms with Gasteiger partial charge in [-0.1, -0.05) is 25.1 Å². The predicted molar refractivity (Wildman–Crippen MR) is 146 cm³/mol. The third-order valence-electron chi connectivity index (χ3n) is 6.28. The van der Waals surface area contributed by atoms with Crippen molar-refractivity contribution in [1.82, 2.24) is 9.47 Å². The molecule has 1 amide bonds. The van der Waals surface area contributed by atoms with Crippen LogP contribution >= 0.6 is 11.8 Å². The highest BCUT2D eigenvalue weighted by molar-refractivity contribution is 8.18. The monoisotopic (exact) mass is 472 g/mol. The molecule has 0 spiro atoms. The molecular formula is C28H32N4OS. The third-order valence-corrected chi connectivity index (χ3v) is 7.34. The lowest BCUT2D eigenvalue weighted by atomic mass is 10.1. The van der Waals surface area contributed by atoms with Crippen LogP contribution in [0.1, 0.15) is 35.0 Å². The molecule has 1 fully saturated rings. The molecule has 0 bridgehead atoms. The number of carbonyl (C=O) groups excluding carboxylic acids is 1. The number of anilines is 1. The second-order valence-electron chi connectivity index (χ2n) is 8.88. The third kappa shape index (κ3) is 4.42. The van der Waals surface area contributed by atoms with E-state index in [1.54, 1.807) is 11.9 Å². The maximum atomic E-state index is 13.0. The van der Waals surface area contributed by atoms with Crippen LogP contribution in [0.15, 0.2) is 58.4 Å². The topological polar surface area (TPSA) is 40.8 Å². The summed E-state index contributed by atoms with van der Waals surface area (Å²) in [5.74, 6) is -0.0244. The number of amides is 1. The Labute approximate surface area is 206 Å². The maximum Gasteiger partial charge on any atom is 0.266 e. The van der Waals surface area contributed by atoms with Crippen LogP contribution in [0.3, 0.4) is 0 Å². The number of aliphatic imine (C=N–C) groups is 1. The molecule has 0 saturated carbocycles. The Hall–Kier alpha value is -3.25. The number of likely N-dealkylation sites (N-methyl/N-ethyl adjacent to an activating group) is 1. The minimum absolute atomic E-state index is 0.0244. The molecular weight excluding hydrogens is 440 g/mol. The van der Waals surface area contributed by atoms with Crippen molar-refractivity contribution < 1.29 is 4.79 Å². The summed E-state index contributed by atoms with van der Waals surface area (Å²) in [6.45, 7) is 8.60. The number of carbonyl (C=O) groups is 1. The number of nitrogens with zero attached hydrogens (tertiary/aromatic N) is 4. The van der Waals surface area contributed by atoms with Crippen molar-refractivity contribution in [2.45, 2.75) is 34.1 Å². The highest BCUT2D eigenvalue weighted by Crippen LogP contribution is 2.35. The number of para-hydroxylation sites is 1. The van der Waals surface area contributed by atoms with Crippen molar-refractivity contribution in [2.75, 3.05) is 26.0 Å². The summed E-state index contributed by atoms with van der Waals surface area (Å²) in [6.07, 6.45) is 2.98. The number of rotatable bonds is 5. The molecule has 6 heteroatoms. The molecule has 0 aliphatic carbocycles. The van der Waals surface area contributed by atoms with Gasteiger partial charge >= 0.3 is 0 Å². The number of aryl methyl sites for hydroxylation is 3. The van der Waals surface area contributed by atoms with Crippen molar-refractivity contribution in [3.05, 3.63) is 81.5 Å². The summed E-state index contributed by atoms with van der Waals surface area (Å²) in [5, 5.41) is 0.690. The molecule has 3 aromatic rings. The Bertz CT molecular complexity index is 1300. The van der Waals surface area contributed by atoms with E-state index in [-0.39, 0.29) is 5.91 Å². The van der Waals surface area contributed by atoms with Crippen LogP contribution in [0, 0.1) is 20.8 Å². The summed E-state index contributed by atoms with van der Waals surface area (Å²) in [5.41, 5.74) is 9.12. The molecule has 1 aromatic heterocycles. The van der Waals surface area contributed by atoms with Gasteiger partial charge in [-0.2, -0.15) is 0 Å². The second kappa shape index (κ2) is 9.55. The number of thioether (sulfide) groups is 1. The average Bonchev–Trinajstić information content (AvgIpc) is 3.23. The summed E-state index contributed by atoms with van der Waals surface area (Å²) < 4.78 is 2.32. The molecule has 0 atom stereocenters. The van der Waals surface area contributed by atoms with Gasteiger partial charge in [-0.25, -0.2) is 4.99 Å². The van der Waals surface area contributed by atoms with E-state index in [0.717, 1.165) is 34.7 Å². The largest absolute Gasteiger partial charge is 0.378 e. The summed E-state index contributed by atoms with van der Waals surface area (Å²) in [6, 6.07) is 16.6. The van der Waals surface area contributed by atoms with E-state index in [1.165, 1.54) is 28.6 Å². The molecule has 1 saturated heterocycles. The fourth-order valence-corrected chi connectivity index (χ4v) is 5.31. The number of benzene rings is 2. The van der Waals surface area contributed by atoms with Crippen LogP contribution in [0.5, 0.6) is 0 Å². The first-order chi connectivity index (χ1) is 16.2. The fourth-order valence-electron chi connectivity index (χ4n) is 4.33. The highest BCUT2D eigenvalue weighted by atomic mass is 32.2. The minimum atomic E-state index is -0.0244. The highest BCUT2D eigenvalue weighted by Gasteiger charge is 2.31. The van der Waals surface area contributed by atoms with Gasteiger partial charge in [0.1, 0.15) is 0 Å². The van der Waals surface area contributed by atoms with E-state index in [1.807, 2.05) is 44.4 Å². The second-order valence-corrected chi connectivity index (χ2v) is 9.89. The van der Waals surface area contributed by atoms with Gasteiger partial charge < -0.3 is 9.47 Å². The van der Waals surface area contributed by atoms with Crippen molar-refractivity contribution in [3.8, 4) is 5.69 Å². The Morgan fingerprint density at radius 3 is 2.41 bits per heavy atom. The minimum Gasteiger partial charge on any atom is -0.378 e. The van der Waals surface area contributed by atoms with Gasteiger partial charge in [0.2, 0.25) is 0 Å². The van der Waals surface area contributed by atoms with Crippen LogP contribution in [0.2, 0.25) is 0 Å². The van der Waals surface area contributed by atoms with Gasteiger partial charge in [-0.05, 0) is 92.1 Å². The van der Waals surface area contributed by atoms with E-state index in [9.17, 15) is 4.79 Å². The van der Waals surface area contributed by atoms with E-state index in [2.05, 4.69) is 61.4 Å². The van der Waals surface area contributed by atoms with E-state index < -0.39 is 0 Å². The van der Waals surface area contributed by atoms with Crippen molar-refractivity contribution in [2.24, 2.45) is 4.99 Å². The zero-order valence-corrected chi connectivity index (χ0v) is 21.8. The SMILES string of the molecule is CCc1cccc(C)c1-n1c(C)cc(/C=C2\SC(=Nc3ccc(N(C)C)cc3)N(C)C2=O)c1C. The Morgan fingerprint density at radius 2 is 1.76 bits per heavy atom. The average molecular weight is 473 g/mol. The first-order valence-electron chi connectivity index (χ1n) is 11.5. The van der Waals surface area contributed by atoms with E-state index in [0.29, 0.717) is 10.1 Å². The quantitative estimate of drug-likeness (QED) is 0.411. The number of aromatic nitrogens is 1. The maximum absolute atomic E-state index is 13.0. The van der Waals surface area contributed by atoms with Gasteiger partial charge in [0.05, 0.1) is 16.3 Å². The Morgan fingerprint density at radius 1 is 1.06 bits per heavy atom. The van der Waals surface area contributed by atoms with Gasteiger partial charge in [0, 0.05) is 38.2 Å². The molecule has 1 aliphatic heterocycles. The van der Waals surface area contributed by atoms with Gasteiger partial charge in [0.25, 0.3) is 5.91 Å². The Balaban J connectivity index is 1.68. The van der Waals surface area contributed by atoms with Crippen LogP contribution < -0.4 is 4.90 Å². The van der Waals surface area contributed by atoms with Crippen LogP contribution in [-0.2, 0) is 11.2 Å². The number of hydrogen-bond acceptors (Lipinski definition) is 4. The molecule has 0 N–H and O–H groups in total. The number of hydrogen-bond donors (Lipinski definition) is 0. The van der Waals surface area contributed by atoms with Crippen LogP contribution in [0.25, 0.3) is 11.8 Å². The molecule has 2 heterocycles. The Kier molecular flexibility index (Phi) is 6.71. The van der Waals surface area contributed by atoms with E-state index >= 15 is 0 Å². The lowest BCUT2D eigenvalue weighted by Gasteiger charge is -2.17. The molecule has 0 radical (unpaired) electrons. The van der Waals surface area contributed by atoms with Gasteiger partial charge in [-0.3, -0.25) is 9.69 Å². The number of amidine groups is 1. The van der Waals surface area contributed by atoms with E-state index in [4.69, 9.17) is 4.99 Å². The normalized spacial score (nSPS) is 16.2. The molecule has 2 aromatic carbocycles. The molecule has 34 heavy (non-hydrogen) atoms. The van der Waals surface area contributed by atoms with Crippen molar-refractivity contribution >= 4 is 40.3 Å². The summed E-state index contributed by atoms with van der Waals surface area (Å²) in [7, 11) is 5.81. The predicted octanol–water partition coefficient (Wildman–Crippen LogP) is 6.26. The smallest absolute Gasteiger partial charge is 0.266 e. The molecule has 0 unspecified atom stereocenters. The summed E-state index contributed by atoms with van der Waals surface area (Å²) >= 11 is 1.43. The van der Waals surface area contributed by atoms with Gasteiger partial charge in [-0.15, -0.1) is 0 Å². The first-order valence-corrected chi connectivity index (χ1v) is 12.3. The van der Waals surface area contributed by atoms with Crippen molar-refractivity contribution in [1.29, 1.82) is 0 Å².